The number of rotatable bonds is 12. The Morgan fingerprint density at radius 1 is 0.395 bits per heavy atom. The first-order valence-electron chi connectivity index (χ1n) is 29.6. The van der Waals surface area contributed by atoms with E-state index in [2.05, 4.69) is 312 Å². The molecule has 0 unspecified atom stereocenters. The highest BCUT2D eigenvalue weighted by molar-refractivity contribution is 6.20. The molecule has 0 bridgehead atoms. The van der Waals surface area contributed by atoms with Crippen molar-refractivity contribution in [2.24, 2.45) is 0 Å². The van der Waals surface area contributed by atoms with Crippen LogP contribution in [-0.2, 0) is 5.41 Å². The molecule has 0 saturated heterocycles. The van der Waals surface area contributed by atoms with Crippen LogP contribution in [0.25, 0.3) is 100 Å². The van der Waals surface area contributed by atoms with E-state index in [1.807, 2.05) is 31.2 Å². The Kier molecular flexibility index (Phi) is 11.8. The largest absolute Gasteiger partial charge is 0.310 e. The molecular formula is C82H58N4. The summed E-state index contributed by atoms with van der Waals surface area (Å²) in [5.74, 6) is 0. The van der Waals surface area contributed by atoms with Crippen LogP contribution in [0.3, 0.4) is 0 Å². The van der Waals surface area contributed by atoms with Gasteiger partial charge in [-0.2, -0.15) is 0 Å². The topological polar surface area (TPSA) is 16.3 Å². The summed E-state index contributed by atoms with van der Waals surface area (Å²) in [4.78, 5) is 4.98. The molecule has 0 radical (unpaired) electrons. The summed E-state index contributed by atoms with van der Waals surface area (Å²) >= 11 is 0. The van der Waals surface area contributed by atoms with Gasteiger partial charge in [0.05, 0.1) is 39.0 Å². The van der Waals surface area contributed by atoms with Crippen molar-refractivity contribution in [3.63, 3.8) is 0 Å². The van der Waals surface area contributed by atoms with E-state index >= 15 is 0 Å². The standard InChI is InChI=1S/C82H58N4/c1-5-28-54(29-6-2)85-74(8-4)60(7-3)68-50-58(46-48-76(68)85)83(55-30-12-9-13-31-55)78-52-72-80(66-41-20-18-38-63(66)78)81-67-42-21-19-39-64(67)79(53-73(81)82(72)70-43-25-22-36-61(70)62-37-23-26-44-71(62)82)84(56-32-14-10-15-33-56)59-47-49-77-69(51-59)65-40-24-27-45-75(65)86(77)57-34-16-11-17-35-57/h5-53H,1,3-4H2,2H3/b29-6-,54-28+. The van der Waals surface area contributed by atoms with Crippen molar-refractivity contribution in [3.8, 4) is 27.9 Å². The minimum atomic E-state index is -0.746. The third-order valence-corrected chi connectivity index (χ3v) is 18.1. The van der Waals surface area contributed by atoms with E-state index in [-0.39, 0.29) is 0 Å². The van der Waals surface area contributed by atoms with E-state index in [0.717, 1.165) is 78.6 Å². The van der Waals surface area contributed by atoms with Gasteiger partial charge in [0, 0.05) is 66.6 Å². The number of fused-ring (bicyclic) bond motifs is 18. The van der Waals surface area contributed by atoms with E-state index in [9.17, 15) is 0 Å². The third kappa shape index (κ3) is 7.23. The maximum Gasteiger partial charge on any atom is 0.0727 e. The van der Waals surface area contributed by atoms with Crippen molar-refractivity contribution in [1.29, 1.82) is 0 Å². The van der Waals surface area contributed by atoms with Gasteiger partial charge in [-0.1, -0.05) is 208 Å². The van der Waals surface area contributed by atoms with Crippen molar-refractivity contribution in [3.05, 3.63) is 338 Å². The van der Waals surface area contributed by atoms with Crippen molar-refractivity contribution in [2.45, 2.75) is 12.3 Å². The SMILES string of the molecule is C=C/C=C(\C=C/C)n1c(C=C)c(C=C)c2cc(N(c3ccccc3)c3cc4c(c5ccccc35)-c3c(cc(N(c5ccccc5)c5ccc6c(c5)c5ccccc5n6-c5ccccc5)c5ccccc35)C43c4ccccc4-c4ccccc43)ccc21. The van der Waals surface area contributed by atoms with Gasteiger partial charge in [-0.15, -0.1) is 0 Å². The van der Waals surface area contributed by atoms with Crippen molar-refractivity contribution >= 4 is 106 Å². The number of aromatic nitrogens is 2. The molecule has 4 heteroatoms. The Bertz CT molecular complexity index is 5140. The van der Waals surface area contributed by atoms with Gasteiger partial charge >= 0.3 is 0 Å². The highest BCUT2D eigenvalue weighted by Gasteiger charge is 2.53. The van der Waals surface area contributed by atoms with Gasteiger partial charge in [0.25, 0.3) is 0 Å². The fourth-order valence-corrected chi connectivity index (χ4v) is 14.8. The normalized spacial score (nSPS) is 13.0. The number of hydrogen-bond donors (Lipinski definition) is 0. The second-order valence-corrected chi connectivity index (χ2v) is 22.4. The summed E-state index contributed by atoms with van der Waals surface area (Å²) in [6.45, 7) is 14.9. The molecule has 1 spiro atoms. The first-order chi connectivity index (χ1) is 42.5. The number of anilines is 6. The van der Waals surface area contributed by atoms with Gasteiger partial charge in [-0.25, -0.2) is 0 Å². The molecule has 86 heavy (non-hydrogen) atoms. The number of nitrogens with zero attached hydrogens (tertiary/aromatic N) is 4. The van der Waals surface area contributed by atoms with Crippen molar-refractivity contribution in [1.82, 2.24) is 9.13 Å². The maximum absolute atomic E-state index is 4.39. The van der Waals surface area contributed by atoms with Crippen LogP contribution >= 0.6 is 0 Å². The van der Waals surface area contributed by atoms with Gasteiger partial charge in [0.15, 0.2) is 0 Å². The molecule has 2 aromatic heterocycles. The van der Waals surface area contributed by atoms with Crippen LogP contribution in [0.2, 0.25) is 0 Å². The summed E-state index contributed by atoms with van der Waals surface area (Å²) in [5, 5.41) is 8.19. The Labute approximate surface area is 501 Å². The van der Waals surface area contributed by atoms with Crippen molar-refractivity contribution in [2.75, 3.05) is 9.80 Å². The highest BCUT2D eigenvalue weighted by atomic mass is 15.2. The van der Waals surface area contributed by atoms with Crippen LogP contribution in [0, 0.1) is 0 Å². The van der Waals surface area contributed by atoms with E-state index in [4.69, 9.17) is 0 Å². The Morgan fingerprint density at radius 3 is 1.40 bits per heavy atom. The summed E-state index contributed by atoms with van der Waals surface area (Å²) in [6, 6.07) is 97.0. The monoisotopic (exact) mass is 1100 g/mol. The van der Waals surface area contributed by atoms with Crippen molar-refractivity contribution < 1.29 is 0 Å². The smallest absolute Gasteiger partial charge is 0.0727 e. The number of allylic oxidation sites excluding steroid dienone is 5. The molecule has 2 heterocycles. The fraction of sp³-hybridized carbons (Fsp3) is 0.0244. The summed E-state index contributed by atoms with van der Waals surface area (Å²) in [5.41, 5.74) is 23.3. The second-order valence-electron chi connectivity index (χ2n) is 22.4. The predicted octanol–water partition coefficient (Wildman–Crippen LogP) is 22.2. The zero-order valence-corrected chi connectivity index (χ0v) is 47.7. The molecule has 0 aliphatic heterocycles. The van der Waals surface area contributed by atoms with Gasteiger partial charge in [0.1, 0.15) is 0 Å². The van der Waals surface area contributed by atoms with E-state index in [1.165, 1.54) is 77.0 Å². The molecular weight excluding hydrogens is 1040 g/mol. The first kappa shape index (κ1) is 50.5. The van der Waals surface area contributed by atoms with E-state index in [0.29, 0.717) is 0 Å². The molecule has 0 N–H and O–H groups in total. The fourth-order valence-electron chi connectivity index (χ4n) is 14.8. The lowest BCUT2D eigenvalue weighted by molar-refractivity contribution is 0.795. The molecule has 2 aliphatic carbocycles. The minimum Gasteiger partial charge on any atom is -0.310 e. The third-order valence-electron chi connectivity index (χ3n) is 18.1. The minimum absolute atomic E-state index is 0.746. The van der Waals surface area contributed by atoms with Crippen LogP contribution in [0.5, 0.6) is 0 Å². The molecule has 0 amide bonds. The summed E-state index contributed by atoms with van der Waals surface area (Å²) in [6.07, 6.45) is 12.0. The lowest BCUT2D eigenvalue weighted by Crippen LogP contribution is -2.26. The molecule has 16 rings (SSSR count). The Balaban J connectivity index is 1.01. The molecule has 406 valence electrons. The van der Waals surface area contributed by atoms with Gasteiger partial charge in [0.2, 0.25) is 0 Å². The van der Waals surface area contributed by atoms with Crippen LogP contribution in [0.15, 0.2) is 305 Å². The molecule has 0 atom stereocenters. The van der Waals surface area contributed by atoms with Crippen LogP contribution in [0.1, 0.15) is 40.4 Å². The Morgan fingerprint density at radius 2 is 0.860 bits per heavy atom. The quantitative estimate of drug-likeness (QED) is 0.113. The predicted molar refractivity (Wildman–Crippen MR) is 366 cm³/mol. The molecule has 0 saturated carbocycles. The molecule has 2 aliphatic rings. The molecule has 14 aromatic rings. The zero-order chi connectivity index (χ0) is 57.6. The zero-order valence-electron chi connectivity index (χ0n) is 47.7. The second kappa shape index (κ2) is 20.0. The first-order valence-corrected chi connectivity index (χ1v) is 29.6. The number of hydrogen-bond acceptors (Lipinski definition) is 2. The van der Waals surface area contributed by atoms with Crippen LogP contribution in [0.4, 0.5) is 34.1 Å². The lowest BCUT2D eigenvalue weighted by Gasteiger charge is -2.34. The maximum atomic E-state index is 4.39. The summed E-state index contributed by atoms with van der Waals surface area (Å²) < 4.78 is 4.66. The Hall–Kier alpha value is -11.2. The van der Waals surface area contributed by atoms with Gasteiger partial charge in [-0.05, 0) is 171 Å². The highest BCUT2D eigenvalue weighted by Crippen LogP contribution is 2.67. The number of para-hydroxylation sites is 4. The number of benzene rings is 12. The average molecular weight is 1100 g/mol. The summed E-state index contributed by atoms with van der Waals surface area (Å²) in [7, 11) is 0. The molecule has 4 nitrogen and oxygen atoms in total. The van der Waals surface area contributed by atoms with Crippen LogP contribution < -0.4 is 9.80 Å². The van der Waals surface area contributed by atoms with Gasteiger partial charge in [-0.3, -0.25) is 0 Å². The van der Waals surface area contributed by atoms with E-state index in [1.54, 1.807) is 0 Å². The van der Waals surface area contributed by atoms with Gasteiger partial charge < -0.3 is 18.9 Å². The lowest BCUT2D eigenvalue weighted by atomic mass is 9.70. The molecule has 12 aromatic carbocycles. The van der Waals surface area contributed by atoms with Crippen LogP contribution in [-0.4, -0.2) is 9.13 Å². The van der Waals surface area contributed by atoms with E-state index < -0.39 is 5.41 Å². The molecule has 0 fully saturated rings. The average Bonchev–Trinajstić information content (AvgIpc) is 1.57.